The molecule has 0 radical (unpaired) electrons. The number of hydrogen-bond donors (Lipinski definition) is 3. The van der Waals surface area contributed by atoms with Crippen molar-refractivity contribution in [2.45, 2.75) is 39.0 Å². The van der Waals surface area contributed by atoms with E-state index in [2.05, 4.69) is 0 Å². The van der Waals surface area contributed by atoms with Crippen LogP contribution >= 0.6 is 0 Å². The van der Waals surface area contributed by atoms with Crippen molar-refractivity contribution in [1.82, 2.24) is 9.96 Å². The minimum atomic E-state index is -1.83. The molecule has 1 fully saturated rings. The minimum absolute atomic E-state index is 0.0289. The monoisotopic (exact) mass is 304 g/mol. The van der Waals surface area contributed by atoms with Crippen LogP contribution < -0.4 is 0 Å². The molecule has 3 N–H and O–H groups in total. The van der Waals surface area contributed by atoms with E-state index in [1.165, 1.54) is 18.4 Å². The van der Waals surface area contributed by atoms with Crippen LogP contribution in [-0.4, -0.2) is 63.5 Å². The average Bonchev–Trinajstić information content (AvgIpc) is 2.44. The summed E-state index contributed by atoms with van der Waals surface area (Å²) in [5.41, 5.74) is 0. The smallest absolute Gasteiger partial charge is 0.450 e. The van der Waals surface area contributed by atoms with Crippen molar-refractivity contribution in [3.05, 3.63) is 0 Å². The van der Waals surface area contributed by atoms with E-state index < -0.39 is 12.1 Å². The van der Waals surface area contributed by atoms with Crippen molar-refractivity contribution in [1.29, 1.82) is 0 Å². The minimum Gasteiger partial charge on any atom is -0.450 e. The Hall–Kier alpha value is -1.83. The fourth-order valence-electron chi connectivity index (χ4n) is 2.22. The summed E-state index contributed by atoms with van der Waals surface area (Å²) in [5.74, 6) is -0.320. The standard InChI is InChI=1S/C12H22N2O3.CH2O3/c1-3-14(9-11(15)13(2)17)12(16)10-7-5-4-6-8-10;2-1(3)4/h10,17H,3-9H2,1-2H3;(H2,2,3,4). The third kappa shape index (κ3) is 8.13. The molecule has 8 heteroatoms. The van der Waals surface area contributed by atoms with Gasteiger partial charge in [0.15, 0.2) is 0 Å². The molecule has 2 amide bonds. The van der Waals surface area contributed by atoms with Crippen LogP contribution in [0.3, 0.4) is 0 Å². The topological polar surface area (TPSA) is 118 Å². The number of likely N-dealkylation sites (N-methyl/N-ethyl adjacent to an activating group) is 2. The number of carboxylic acid groups (broad SMARTS) is 2. The lowest BCUT2D eigenvalue weighted by molar-refractivity contribution is -0.163. The highest BCUT2D eigenvalue weighted by atomic mass is 16.6. The molecule has 1 aliphatic carbocycles. The van der Waals surface area contributed by atoms with Gasteiger partial charge in [0.25, 0.3) is 5.91 Å². The normalized spacial score (nSPS) is 14.6. The fourth-order valence-corrected chi connectivity index (χ4v) is 2.22. The Morgan fingerprint density at radius 2 is 1.57 bits per heavy atom. The summed E-state index contributed by atoms with van der Waals surface area (Å²) in [5, 5.41) is 23.5. The Morgan fingerprint density at radius 3 is 1.95 bits per heavy atom. The quantitative estimate of drug-likeness (QED) is 0.535. The van der Waals surface area contributed by atoms with Crippen molar-refractivity contribution in [2.75, 3.05) is 20.1 Å². The fraction of sp³-hybridized carbons (Fsp3) is 0.769. The largest absolute Gasteiger partial charge is 0.503 e. The van der Waals surface area contributed by atoms with Crippen LogP contribution in [0.25, 0.3) is 0 Å². The van der Waals surface area contributed by atoms with Gasteiger partial charge in [-0.2, -0.15) is 0 Å². The van der Waals surface area contributed by atoms with E-state index in [0.29, 0.717) is 11.6 Å². The maximum absolute atomic E-state index is 12.2. The molecule has 0 aliphatic heterocycles. The molecular formula is C13H24N2O6. The first-order valence-corrected chi connectivity index (χ1v) is 6.95. The van der Waals surface area contributed by atoms with Gasteiger partial charge in [-0.25, -0.2) is 9.86 Å². The molecule has 8 nitrogen and oxygen atoms in total. The SMILES string of the molecule is CCN(CC(=O)N(C)O)C(=O)C1CCCCC1.O=C(O)O. The number of hydrogen-bond acceptors (Lipinski definition) is 4. The third-order valence-electron chi connectivity index (χ3n) is 3.33. The zero-order valence-corrected chi connectivity index (χ0v) is 12.5. The first kappa shape index (κ1) is 19.2. The van der Waals surface area contributed by atoms with E-state index in [-0.39, 0.29) is 18.4 Å². The van der Waals surface area contributed by atoms with E-state index in [9.17, 15) is 9.59 Å². The van der Waals surface area contributed by atoms with Gasteiger partial charge in [-0.15, -0.1) is 0 Å². The molecule has 0 unspecified atom stereocenters. The van der Waals surface area contributed by atoms with Gasteiger partial charge in [-0.1, -0.05) is 19.3 Å². The molecule has 21 heavy (non-hydrogen) atoms. The second-order valence-corrected chi connectivity index (χ2v) is 4.89. The summed E-state index contributed by atoms with van der Waals surface area (Å²) in [6.07, 6.45) is 3.43. The first-order chi connectivity index (χ1) is 9.79. The van der Waals surface area contributed by atoms with Gasteiger partial charge in [-0.05, 0) is 19.8 Å². The molecule has 0 atom stereocenters. The zero-order chi connectivity index (χ0) is 16.4. The van der Waals surface area contributed by atoms with Crippen LogP contribution in [0.5, 0.6) is 0 Å². The van der Waals surface area contributed by atoms with E-state index in [4.69, 9.17) is 20.2 Å². The number of amides is 2. The lowest BCUT2D eigenvalue weighted by Crippen LogP contribution is -2.43. The molecule has 0 aromatic heterocycles. The van der Waals surface area contributed by atoms with Crippen LogP contribution in [-0.2, 0) is 9.59 Å². The molecule has 0 spiro atoms. The highest BCUT2D eigenvalue weighted by molar-refractivity contribution is 5.85. The number of nitrogens with zero attached hydrogens (tertiary/aromatic N) is 2. The Labute approximate surface area is 123 Å². The third-order valence-corrected chi connectivity index (χ3v) is 3.33. The summed E-state index contributed by atoms with van der Waals surface area (Å²) in [6.45, 7) is 2.33. The summed E-state index contributed by atoms with van der Waals surface area (Å²) >= 11 is 0. The van der Waals surface area contributed by atoms with Crippen molar-refractivity contribution in [3.63, 3.8) is 0 Å². The van der Waals surface area contributed by atoms with E-state index in [1.54, 1.807) is 0 Å². The molecule has 1 rings (SSSR count). The molecular weight excluding hydrogens is 280 g/mol. The van der Waals surface area contributed by atoms with Crippen LogP contribution in [0.2, 0.25) is 0 Å². The average molecular weight is 304 g/mol. The molecule has 0 bridgehead atoms. The van der Waals surface area contributed by atoms with Gasteiger partial charge in [-0.3, -0.25) is 14.8 Å². The summed E-state index contributed by atoms with van der Waals surface area (Å²) in [7, 11) is 1.28. The predicted octanol–water partition coefficient (Wildman–Crippen LogP) is 1.49. The van der Waals surface area contributed by atoms with Crippen LogP contribution in [0.4, 0.5) is 4.79 Å². The lowest BCUT2D eigenvalue weighted by Gasteiger charge is -2.28. The Kier molecular flexibility index (Phi) is 9.11. The molecule has 0 saturated heterocycles. The molecule has 1 aliphatic rings. The van der Waals surface area contributed by atoms with Crippen molar-refractivity contribution >= 4 is 18.0 Å². The van der Waals surface area contributed by atoms with Gasteiger partial charge in [0.2, 0.25) is 5.91 Å². The number of hydroxylamine groups is 2. The van der Waals surface area contributed by atoms with Gasteiger partial charge < -0.3 is 15.1 Å². The van der Waals surface area contributed by atoms with Crippen LogP contribution in [0.15, 0.2) is 0 Å². The maximum Gasteiger partial charge on any atom is 0.503 e. The molecule has 1 saturated carbocycles. The van der Waals surface area contributed by atoms with E-state index in [1.807, 2.05) is 6.92 Å². The summed E-state index contributed by atoms with van der Waals surface area (Å²) < 4.78 is 0. The number of carbonyl (C=O) groups excluding carboxylic acids is 2. The number of carbonyl (C=O) groups is 3. The Bertz CT molecular complexity index is 349. The van der Waals surface area contributed by atoms with Crippen molar-refractivity contribution < 1.29 is 29.8 Å². The van der Waals surface area contributed by atoms with Gasteiger partial charge in [0, 0.05) is 19.5 Å². The van der Waals surface area contributed by atoms with E-state index in [0.717, 1.165) is 25.7 Å². The lowest BCUT2D eigenvalue weighted by atomic mass is 9.88. The van der Waals surface area contributed by atoms with Crippen molar-refractivity contribution in [3.8, 4) is 0 Å². The Balaban J connectivity index is 0.000000885. The number of rotatable bonds is 4. The second kappa shape index (κ2) is 9.98. The summed E-state index contributed by atoms with van der Waals surface area (Å²) in [6, 6.07) is 0. The molecule has 0 aromatic rings. The van der Waals surface area contributed by atoms with E-state index >= 15 is 0 Å². The zero-order valence-electron chi connectivity index (χ0n) is 12.5. The highest BCUT2D eigenvalue weighted by Gasteiger charge is 2.26. The molecule has 0 aromatic carbocycles. The van der Waals surface area contributed by atoms with Crippen LogP contribution in [0.1, 0.15) is 39.0 Å². The Morgan fingerprint density at radius 1 is 1.10 bits per heavy atom. The predicted molar refractivity (Wildman–Crippen MR) is 74.0 cm³/mol. The van der Waals surface area contributed by atoms with Gasteiger partial charge in [0.1, 0.15) is 6.54 Å². The van der Waals surface area contributed by atoms with Gasteiger partial charge in [0.05, 0.1) is 0 Å². The molecule has 122 valence electrons. The van der Waals surface area contributed by atoms with Crippen molar-refractivity contribution in [2.24, 2.45) is 5.92 Å². The van der Waals surface area contributed by atoms with Crippen LogP contribution in [0, 0.1) is 5.92 Å². The van der Waals surface area contributed by atoms with Gasteiger partial charge >= 0.3 is 6.16 Å². The second-order valence-electron chi connectivity index (χ2n) is 4.89. The summed E-state index contributed by atoms with van der Waals surface area (Å²) in [4.78, 5) is 33.6. The highest BCUT2D eigenvalue weighted by Crippen LogP contribution is 2.25. The molecule has 0 heterocycles. The first-order valence-electron chi connectivity index (χ1n) is 6.95. The maximum atomic E-state index is 12.2.